The van der Waals surface area contributed by atoms with Crippen LogP contribution in [-0.4, -0.2) is 25.6 Å². The molecule has 0 saturated heterocycles. The maximum Gasteiger partial charge on any atom is 0.191 e. The third-order valence-electron chi connectivity index (χ3n) is 1.32. The van der Waals surface area contributed by atoms with Crippen molar-refractivity contribution >= 4 is 5.96 Å². The molecule has 56 valence electrons. The van der Waals surface area contributed by atoms with Gasteiger partial charge in [-0.3, -0.25) is 4.99 Å². The first-order chi connectivity index (χ1) is 4.93. The van der Waals surface area contributed by atoms with E-state index in [0.29, 0.717) is 0 Å². The van der Waals surface area contributed by atoms with Crippen LogP contribution in [0.4, 0.5) is 0 Å². The smallest absolute Gasteiger partial charge is 0.191 e. The summed E-state index contributed by atoms with van der Waals surface area (Å²) in [5, 5.41) is 6.27. The zero-order valence-electron chi connectivity index (χ0n) is 6.06. The third-order valence-corrected chi connectivity index (χ3v) is 1.32. The van der Waals surface area contributed by atoms with Gasteiger partial charge in [-0.05, 0) is 6.42 Å². The van der Waals surface area contributed by atoms with Crippen LogP contribution in [0.1, 0.15) is 6.42 Å². The first-order valence-electron chi connectivity index (χ1n) is 3.56. The maximum atomic E-state index is 4.17. The summed E-state index contributed by atoms with van der Waals surface area (Å²) in [7, 11) is 0. The van der Waals surface area contributed by atoms with Gasteiger partial charge in [0.1, 0.15) is 0 Å². The summed E-state index contributed by atoms with van der Waals surface area (Å²) in [6.07, 6.45) is 2.88. The first-order valence-corrected chi connectivity index (χ1v) is 3.56. The van der Waals surface area contributed by atoms with E-state index in [2.05, 4.69) is 22.2 Å². The lowest BCUT2D eigenvalue weighted by atomic mass is 10.4. The summed E-state index contributed by atoms with van der Waals surface area (Å²) in [5.74, 6) is 0.932. The first kappa shape index (κ1) is 7.12. The molecule has 0 radical (unpaired) electrons. The molecule has 1 heterocycles. The molecule has 3 heteroatoms. The molecule has 1 aliphatic heterocycles. The summed E-state index contributed by atoms with van der Waals surface area (Å²) in [4.78, 5) is 4.17. The van der Waals surface area contributed by atoms with Gasteiger partial charge in [0.15, 0.2) is 5.96 Å². The summed E-state index contributed by atoms with van der Waals surface area (Å²) in [6.45, 7) is 6.42. The highest BCUT2D eigenvalue weighted by Gasteiger charge is 2.00. The average molecular weight is 139 g/mol. The Bertz CT molecular complexity index is 140. The molecule has 0 aromatic carbocycles. The number of rotatable bonds is 3. The van der Waals surface area contributed by atoms with Crippen molar-refractivity contribution in [3.63, 3.8) is 0 Å². The lowest BCUT2D eigenvalue weighted by molar-refractivity contribution is 0.854. The average Bonchev–Trinajstić information content (AvgIpc) is 2.41. The molecule has 0 aromatic heterocycles. The van der Waals surface area contributed by atoms with Crippen molar-refractivity contribution < 1.29 is 0 Å². The van der Waals surface area contributed by atoms with Crippen molar-refractivity contribution in [3.05, 3.63) is 12.7 Å². The highest BCUT2D eigenvalue weighted by atomic mass is 15.2. The van der Waals surface area contributed by atoms with Crippen LogP contribution in [0.3, 0.4) is 0 Å². The second kappa shape index (κ2) is 3.93. The maximum absolute atomic E-state index is 4.17. The number of aliphatic imine (C=N–C) groups is 1. The summed E-state index contributed by atoms with van der Waals surface area (Å²) < 4.78 is 0. The Balaban J connectivity index is 2.06. The predicted octanol–water partition coefficient (Wildman–Crippen LogP) is 0.111. The van der Waals surface area contributed by atoms with Crippen molar-refractivity contribution in [1.29, 1.82) is 0 Å². The zero-order chi connectivity index (χ0) is 7.23. The third kappa shape index (κ3) is 2.09. The second-order valence-electron chi connectivity index (χ2n) is 2.16. The van der Waals surface area contributed by atoms with Crippen LogP contribution < -0.4 is 10.6 Å². The van der Waals surface area contributed by atoms with Gasteiger partial charge in [-0.15, -0.1) is 6.58 Å². The molecule has 0 spiro atoms. The molecule has 0 atom stereocenters. The van der Waals surface area contributed by atoms with E-state index in [0.717, 1.165) is 32.0 Å². The predicted molar refractivity (Wildman–Crippen MR) is 43.1 cm³/mol. The van der Waals surface area contributed by atoms with Crippen molar-refractivity contribution in [3.8, 4) is 0 Å². The van der Waals surface area contributed by atoms with Crippen LogP contribution in [0.25, 0.3) is 0 Å². The van der Waals surface area contributed by atoms with E-state index in [1.807, 2.05) is 6.08 Å². The van der Waals surface area contributed by atoms with Crippen molar-refractivity contribution in [2.75, 3.05) is 19.6 Å². The lowest BCUT2D eigenvalue weighted by Crippen LogP contribution is -2.34. The van der Waals surface area contributed by atoms with Gasteiger partial charge in [0, 0.05) is 13.1 Å². The molecule has 0 aromatic rings. The van der Waals surface area contributed by atoms with Gasteiger partial charge < -0.3 is 10.6 Å². The Morgan fingerprint density at radius 1 is 1.80 bits per heavy atom. The highest BCUT2D eigenvalue weighted by Crippen LogP contribution is 1.82. The quantitative estimate of drug-likeness (QED) is 0.430. The van der Waals surface area contributed by atoms with Gasteiger partial charge in [-0.2, -0.15) is 0 Å². The topological polar surface area (TPSA) is 36.4 Å². The molecular formula is C7H13N3. The van der Waals surface area contributed by atoms with Gasteiger partial charge in [-0.25, -0.2) is 0 Å². The lowest BCUT2D eigenvalue weighted by Gasteiger charge is -2.02. The monoisotopic (exact) mass is 139 g/mol. The second-order valence-corrected chi connectivity index (χ2v) is 2.16. The molecule has 1 aliphatic rings. The van der Waals surface area contributed by atoms with E-state index in [-0.39, 0.29) is 0 Å². The fraction of sp³-hybridized carbons (Fsp3) is 0.571. The number of hydrogen-bond acceptors (Lipinski definition) is 3. The number of hydrogen-bond donors (Lipinski definition) is 2. The Hall–Kier alpha value is -0.990. The van der Waals surface area contributed by atoms with E-state index < -0.39 is 0 Å². The number of nitrogens with zero attached hydrogens (tertiary/aromatic N) is 1. The van der Waals surface area contributed by atoms with E-state index in [4.69, 9.17) is 0 Å². The van der Waals surface area contributed by atoms with Gasteiger partial charge in [-0.1, -0.05) is 6.08 Å². The summed E-state index contributed by atoms with van der Waals surface area (Å²) in [6, 6.07) is 0. The SMILES string of the molecule is C=CCCNC1=NCCN1. The van der Waals surface area contributed by atoms with Gasteiger partial charge in [0.2, 0.25) is 0 Å². The fourth-order valence-corrected chi connectivity index (χ4v) is 0.809. The van der Waals surface area contributed by atoms with Crippen molar-refractivity contribution in [2.24, 2.45) is 4.99 Å². The summed E-state index contributed by atoms with van der Waals surface area (Å²) in [5.41, 5.74) is 0. The summed E-state index contributed by atoms with van der Waals surface area (Å²) >= 11 is 0. The molecule has 0 fully saturated rings. The van der Waals surface area contributed by atoms with E-state index in [9.17, 15) is 0 Å². The molecule has 10 heavy (non-hydrogen) atoms. The van der Waals surface area contributed by atoms with Crippen LogP contribution in [0, 0.1) is 0 Å². The Morgan fingerprint density at radius 2 is 2.70 bits per heavy atom. The number of guanidine groups is 1. The van der Waals surface area contributed by atoms with E-state index in [1.54, 1.807) is 0 Å². The molecular weight excluding hydrogens is 126 g/mol. The normalized spacial score (nSPS) is 15.8. The van der Waals surface area contributed by atoms with E-state index in [1.165, 1.54) is 0 Å². The molecule has 2 N–H and O–H groups in total. The molecule has 3 nitrogen and oxygen atoms in total. The van der Waals surface area contributed by atoms with Gasteiger partial charge in [0.25, 0.3) is 0 Å². The van der Waals surface area contributed by atoms with Crippen LogP contribution in [-0.2, 0) is 0 Å². The van der Waals surface area contributed by atoms with Crippen LogP contribution in [0.15, 0.2) is 17.6 Å². The Labute approximate surface area is 61.2 Å². The van der Waals surface area contributed by atoms with Crippen LogP contribution in [0.5, 0.6) is 0 Å². The minimum absolute atomic E-state index is 0.899. The van der Waals surface area contributed by atoms with Crippen LogP contribution >= 0.6 is 0 Å². The largest absolute Gasteiger partial charge is 0.356 e. The molecule has 0 bridgehead atoms. The van der Waals surface area contributed by atoms with Crippen molar-refractivity contribution in [1.82, 2.24) is 10.6 Å². The molecule has 0 amide bonds. The van der Waals surface area contributed by atoms with Gasteiger partial charge in [0.05, 0.1) is 6.54 Å². The van der Waals surface area contributed by atoms with Crippen LogP contribution in [0.2, 0.25) is 0 Å². The molecule has 0 saturated carbocycles. The standard InChI is InChI=1S/C7H13N3/c1-2-3-4-8-7-9-5-6-10-7/h2H,1,3-6H2,(H2,8,9,10). The fourth-order valence-electron chi connectivity index (χ4n) is 0.809. The van der Waals surface area contributed by atoms with E-state index >= 15 is 0 Å². The molecule has 0 unspecified atom stereocenters. The molecule has 1 rings (SSSR count). The minimum Gasteiger partial charge on any atom is -0.356 e. The molecule has 0 aliphatic carbocycles. The number of nitrogens with one attached hydrogen (secondary N) is 2. The Kier molecular flexibility index (Phi) is 2.80. The highest BCUT2D eigenvalue weighted by molar-refractivity contribution is 5.81. The van der Waals surface area contributed by atoms with Gasteiger partial charge >= 0.3 is 0 Å². The Morgan fingerprint density at radius 3 is 3.30 bits per heavy atom. The minimum atomic E-state index is 0.899. The van der Waals surface area contributed by atoms with Crippen molar-refractivity contribution in [2.45, 2.75) is 6.42 Å². The zero-order valence-corrected chi connectivity index (χ0v) is 6.06.